The predicted molar refractivity (Wildman–Crippen MR) is 159 cm³/mol. The molecule has 11 heteroatoms. The number of ether oxygens (including phenoxy) is 10. The summed E-state index contributed by atoms with van der Waals surface area (Å²) in [7, 11) is 1.66. The van der Waals surface area contributed by atoms with Crippen LogP contribution in [0.25, 0.3) is 0 Å². The van der Waals surface area contributed by atoms with Crippen molar-refractivity contribution in [1.82, 2.24) is 0 Å². The maximum Gasteiger partial charge on any atom is 0.188 e. The highest BCUT2D eigenvalue weighted by atomic mass is 32.2. The predicted octanol–water partition coefficient (Wildman–Crippen LogP) is 4.56. The molecule has 44 heavy (non-hydrogen) atoms. The molecule has 0 aromatic heterocycles. The summed E-state index contributed by atoms with van der Waals surface area (Å²) in [5, 5.41) is -0.503. The average Bonchev–Trinajstić information content (AvgIpc) is 3.65. The van der Waals surface area contributed by atoms with Gasteiger partial charge in [-0.15, -0.1) is 11.8 Å². The zero-order valence-electron chi connectivity index (χ0n) is 25.7. The first-order valence-electron chi connectivity index (χ1n) is 15.3. The molecule has 2 aromatic carbocycles. The molecule has 240 valence electrons. The standard InChI is InChI=1S/C33H42O10S/c1-32(2)37-18-22(41-32)24-27(26-30(40-24)43-33(3,4)42-26)44-28-25(35-16-19-12-8-6-9-13-19)23-21(38-31(28)34-5)17-36-29(39-23)20-14-10-7-11-15-20/h6-15,21-31H,16-18H2,1-5H3/t21?,22-,23-,24-,25?,26-,27+,28?,29?,30-,31-/m1/s1. The lowest BCUT2D eigenvalue weighted by Crippen LogP contribution is -2.62. The number of benzene rings is 2. The highest BCUT2D eigenvalue weighted by Crippen LogP contribution is 2.49. The van der Waals surface area contributed by atoms with E-state index in [0.717, 1.165) is 11.1 Å². The molecular weight excluding hydrogens is 588 g/mol. The highest BCUT2D eigenvalue weighted by Gasteiger charge is 2.61. The molecule has 0 radical (unpaired) electrons. The summed E-state index contributed by atoms with van der Waals surface area (Å²) >= 11 is 1.67. The Morgan fingerprint density at radius 2 is 1.50 bits per heavy atom. The molecule has 10 nitrogen and oxygen atoms in total. The van der Waals surface area contributed by atoms with Crippen LogP contribution in [0.5, 0.6) is 0 Å². The van der Waals surface area contributed by atoms with E-state index in [2.05, 4.69) is 12.1 Å². The Balaban J connectivity index is 1.19. The second-order valence-corrected chi connectivity index (χ2v) is 14.1. The number of hydrogen-bond donors (Lipinski definition) is 0. The van der Waals surface area contributed by atoms with Gasteiger partial charge in [0.05, 0.1) is 30.3 Å². The Bertz CT molecular complexity index is 1250. The largest absolute Gasteiger partial charge is 0.369 e. The third kappa shape index (κ3) is 6.34. The molecule has 11 atom stereocenters. The van der Waals surface area contributed by atoms with Gasteiger partial charge < -0.3 is 47.4 Å². The molecule has 5 aliphatic rings. The van der Waals surface area contributed by atoms with Gasteiger partial charge in [-0.1, -0.05) is 60.7 Å². The van der Waals surface area contributed by atoms with E-state index in [1.54, 1.807) is 18.9 Å². The zero-order valence-corrected chi connectivity index (χ0v) is 26.6. The SMILES string of the molecule is CO[C@@H]1OC2COC(c3ccccc3)O[C@H]2C(OCc2ccccc2)C1S[C@@H]1[C@H]2OC(C)(C)O[C@H]2O[C@@H]1[C@H]1COC(C)(C)O1. The lowest BCUT2D eigenvalue weighted by Gasteiger charge is -2.49. The summed E-state index contributed by atoms with van der Waals surface area (Å²) < 4.78 is 63.5. The Kier molecular flexibility index (Phi) is 8.84. The minimum atomic E-state index is -0.782. The summed E-state index contributed by atoms with van der Waals surface area (Å²) in [4.78, 5) is 0. The monoisotopic (exact) mass is 630 g/mol. The average molecular weight is 631 g/mol. The van der Waals surface area contributed by atoms with Crippen molar-refractivity contribution in [2.24, 2.45) is 0 Å². The first-order valence-corrected chi connectivity index (χ1v) is 16.3. The molecule has 0 spiro atoms. The van der Waals surface area contributed by atoms with Crippen molar-refractivity contribution in [3.8, 4) is 0 Å². The summed E-state index contributed by atoms with van der Waals surface area (Å²) in [6.45, 7) is 8.79. The van der Waals surface area contributed by atoms with Crippen LogP contribution in [-0.4, -0.2) is 91.6 Å². The number of methoxy groups -OCH3 is 1. The maximum absolute atomic E-state index is 6.79. The molecule has 0 N–H and O–H groups in total. The number of fused-ring (bicyclic) bond motifs is 2. The van der Waals surface area contributed by atoms with Crippen molar-refractivity contribution < 1.29 is 47.4 Å². The van der Waals surface area contributed by atoms with E-state index in [1.807, 2.05) is 76.2 Å². The minimum Gasteiger partial charge on any atom is -0.369 e. The molecule has 5 fully saturated rings. The fourth-order valence-electron chi connectivity index (χ4n) is 6.63. The van der Waals surface area contributed by atoms with Gasteiger partial charge >= 0.3 is 0 Å². The summed E-state index contributed by atoms with van der Waals surface area (Å²) in [6, 6.07) is 20.1. The Hall–Kier alpha value is -1.61. The van der Waals surface area contributed by atoms with Crippen molar-refractivity contribution in [3.63, 3.8) is 0 Å². The topological polar surface area (TPSA) is 92.3 Å². The summed E-state index contributed by atoms with van der Waals surface area (Å²) in [5.74, 6) is -1.49. The van der Waals surface area contributed by atoms with Gasteiger partial charge in [-0.25, -0.2) is 0 Å². The Morgan fingerprint density at radius 1 is 0.750 bits per heavy atom. The molecule has 5 heterocycles. The third-order valence-electron chi connectivity index (χ3n) is 8.61. The fourth-order valence-corrected chi connectivity index (χ4v) is 8.42. The van der Waals surface area contributed by atoms with Crippen LogP contribution in [0.2, 0.25) is 0 Å². The van der Waals surface area contributed by atoms with Crippen molar-refractivity contribution in [3.05, 3.63) is 71.8 Å². The Morgan fingerprint density at radius 3 is 2.20 bits per heavy atom. The molecule has 4 unspecified atom stereocenters. The van der Waals surface area contributed by atoms with E-state index in [0.29, 0.717) is 19.8 Å². The van der Waals surface area contributed by atoms with Crippen LogP contribution in [0.3, 0.4) is 0 Å². The molecule has 0 aliphatic carbocycles. The fraction of sp³-hybridized carbons (Fsp3) is 0.636. The van der Waals surface area contributed by atoms with Gasteiger partial charge in [-0.05, 0) is 33.3 Å². The minimum absolute atomic E-state index is 0.195. The molecule has 2 aromatic rings. The van der Waals surface area contributed by atoms with Gasteiger partial charge in [-0.3, -0.25) is 0 Å². The first-order chi connectivity index (χ1) is 21.2. The second-order valence-electron chi connectivity index (χ2n) is 12.7. The molecule has 5 aliphatic heterocycles. The van der Waals surface area contributed by atoms with Crippen molar-refractivity contribution in [1.29, 1.82) is 0 Å². The second kappa shape index (κ2) is 12.5. The van der Waals surface area contributed by atoms with Crippen LogP contribution in [0.1, 0.15) is 45.1 Å². The summed E-state index contributed by atoms with van der Waals surface area (Å²) in [5.41, 5.74) is 2.01. The number of rotatable bonds is 8. The highest BCUT2D eigenvalue weighted by molar-refractivity contribution is 8.00. The quantitative estimate of drug-likeness (QED) is 0.411. The van der Waals surface area contributed by atoms with E-state index in [-0.39, 0.29) is 34.9 Å². The lowest BCUT2D eigenvalue weighted by molar-refractivity contribution is -0.337. The lowest BCUT2D eigenvalue weighted by atomic mass is 9.99. The van der Waals surface area contributed by atoms with E-state index in [9.17, 15) is 0 Å². The van der Waals surface area contributed by atoms with Gasteiger partial charge in [0.15, 0.2) is 30.4 Å². The smallest absolute Gasteiger partial charge is 0.188 e. The van der Waals surface area contributed by atoms with Crippen molar-refractivity contribution in [2.45, 2.75) is 112 Å². The molecule has 0 amide bonds. The normalized spacial score (nSPS) is 40.9. The first kappa shape index (κ1) is 31.0. The molecular formula is C33H42O10S. The van der Waals surface area contributed by atoms with Crippen LogP contribution < -0.4 is 0 Å². The van der Waals surface area contributed by atoms with E-state index >= 15 is 0 Å². The van der Waals surface area contributed by atoms with Crippen molar-refractivity contribution >= 4 is 11.8 Å². The zero-order chi connectivity index (χ0) is 30.5. The van der Waals surface area contributed by atoms with Crippen LogP contribution in [-0.2, 0) is 54.0 Å². The Labute approximate surface area is 262 Å². The molecule has 7 rings (SSSR count). The van der Waals surface area contributed by atoms with Gasteiger partial charge in [0, 0.05) is 12.7 Å². The maximum atomic E-state index is 6.79. The van der Waals surface area contributed by atoms with Crippen LogP contribution in [0, 0.1) is 0 Å². The molecule has 0 bridgehead atoms. The number of thioether (sulfide) groups is 1. The van der Waals surface area contributed by atoms with Crippen molar-refractivity contribution in [2.75, 3.05) is 20.3 Å². The van der Waals surface area contributed by atoms with E-state index < -0.39 is 42.7 Å². The van der Waals surface area contributed by atoms with Gasteiger partial charge in [0.2, 0.25) is 0 Å². The number of hydrogen-bond acceptors (Lipinski definition) is 11. The summed E-state index contributed by atoms with van der Waals surface area (Å²) in [6.07, 6.45) is -3.88. The van der Waals surface area contributed by atoms with E-state index in [1.165, 1.54) is 0 Å². The van der Waals surface area contributed by atoms with Crippen LogP contribution in [0.4, 0.5) is 0 Å². The van der Waals surface area contributed by atoms with Gasteiger partial charge in [-0.2, -0.15) is 0 Å². The molecule has 5 saturated heterocycles. The van der Waals surface area contributed by atoms with Gasteiger partial charge in [0.25, 0.3) is 0 Å². The van der Waals surface area contributed by atoms with Crippen LogP contribution >= 0.6 is 11.8 Å². The third-order valence-corrected chi connectivity index (χ3v) is 10.3. The van der Waals surface area contributed by atoms with Crippen LogP contribution in [0.15, 0.2) is 60.7 Å². The molecule has 0 saturated carbocycles. The van der Waals surface area contributed by atoms with E-state index in [4.69, 9.17) is 47.4 Å². The van der Waals surface area contributed by atoms with Gasteiger partial charge in [0.1, 0.15) is 36.6 Å².